The van der Waals surface area contributed by atoms with Gasteiger partial charge in [-0.1, -0.05) is 28.8 Å². The number of hydrogen-bond donors (Lipinski definition) is 1. The molecule has 3 rings (SSSR count). The van der Waals surface area contributed by atoms with E-state index in [1.165, 1.54) is 0 Å². The summed E-state index contributed by atoms with van der Waals surface area (Å²) in [6.45, 7) is 0. The van der Waals surface area contributed by atoms with E-state index >= 15 is 0 Å². The van der Waals surface area contributed by atoms with Crippen molar-refractivity contribution in [2.24, 2.45) is 5.92 Å². The van der Waals surface area contributed by atoms with Gasteiger partial charge >= 0.3 is 5.97 Å². The first kappa shape index (κ1) is 12.7. The van der Waals surface area contributed by atoms with Crippen molar-refractivity contribution in [3.8, 4) is 0 Å². The van der Waals surface area contributed by atoms with Gasteiger partial charge in [-0.2, -0.15) is 0 Å². The Balaban J connectivity index is 1.99. The van der Waals surface area contributed by atoms with Crippen LogP contribution in [0.3, 0.4) is 0 Å². The predicted octanol–water partition coefficient (Wildman–Crippen LogP) is 3.95. The van der Waals surface area contributed by atoms with E-state index in [0.29, 0.717) is 17.9 Å². The normalized spacial score (nSPS) is 23.6. The molecular formula is C14H14BrNO3. The van der Waals surface area contributed by atoms with Crippen LogP contribution in [0.15, 0.2) is 27.1 Å². The molecular weight excluding hydrogens is 310 g/mol. The molecule has 1 saturated carbocycles. The fraction of sp³-hybridized carbons (Fsp3) is 0.429. The highest BCUT2D eigenvalue weighted by molar-refractivity contribution is 9.10. The van der Waals surface area contributed by atoms with Gasteiger partial charge in [0.25, 0.3) is 0 Å². The van der Waals surface area contributed by atoms with Crippen molar-refractivity contribution in [3.05, 3.63) is 28.6 Å². The van der Waals surface area contributed by atoms with Gasteiger partial charge < -0.3 is 9.52 Å². The van der Waals surface area contributed by atoms with E-state index in [1.807, 2.05) is 18.2 Å². The fourth-order valence-corrected chi connectivity index (χ4v) is 3.15. The van der Waals surface area contributed by atoms with E-state index in [9.17, 15) is 9.90 Å². The third-order valence-electron chi connectivity index (χ3n) is 3.77. The lowest BCUT2D eigenvalue weighted by molar-refractivity contribution is -0.143. The van der Waals surface area contributed by atoms with Crippen molar-refractivity contribution < 1.29 is 14.3 Å². The van der Waals surface area contributed by atoms with Crippen molar-refractivity contribution in [2.75, 3.05) is 0 Å². The number of carbonyl (C=O) groups is 1. The molecule has 0 bridgehead atoms. The lowest BCUT2D eigenvalue weighted by Gasteiger charge is -2.25. The minimum atomic E-state index is -0.742. The zero-order valence-electron chi connectivity index (χ0n) is 10.3. The molecule has 0 spiro atoms. The molecule has 5 heteroatoms. The molecule has 0 aliphatic heterocycles. The zero-order chi connectivity index (χ0) is 13.4. The maximum Gasteiger partial charge on any atom is 0.307 e. The zero-order valence-corrected chi connectivity index (χ0v) is 11.9. The van der Waals surface area contributed by atoms with Crippen molar-refractivity contribution in [3.63, 3.8) is 0 Å². The molecule has 2 atom stereocenters. The van der Waals surface area contributed by atoms with Crippen molar-refractivity contribution in [1.82, 2.24) is 4.98 Å². The second-order valence-corrected chi connectivity index (χ2v) is 5.92. The van der Waals surface area contributed by atoms with Gasteiger partial charge in [0.15, 0.2) is 11.5 Å². The molecule has 0 radical (unpaired) electrons. The van der Waals surface area contributed by atoms with Crippen LogP contribution in [0.4, 0.5) is 0 Å². The van der Waals surface area contributed by atoms with E-state index in [0.717, 1.165) is 29.3 Å². The molecule has 100 valence electrons. The molecule has 2 aromatic rings. The molecule has 0 saturated heterocycles. The second kappa shape index (κ2) is 4.96. The lowest BCUT2D eigenvalue weighted by Crippen LogP contribution is -2.25. The number of aliphatic carboxylic acids is 1. The van der Waals surface area contributed by atoms with E-state index in [-0.39, 0.29) is 11.8 Å². The molecule has 0 amide bonds. The van der Waals surface area contributed by atoms with Crippen LogP contribution in [0.1, 0.15) is 37.5 Å². The highest BCUT2D eigenvalue weighted by Crippen LogP contribution is 2.38. The number of oxazole rings is 1. The summed E-state index contributed by atoms with van der Waals surface area (Å²) < 4.78 is 6.69. The Hall–Kier alpha value is -1.36. The van der Waals surface area contributed by atoms with Crippen LogP contribution in [0, 0.1) is 5.92 Å². The number of rotatable bonds is 2. The van der Waals surface area contributed by atoms with Crippen LogP contribution in [-0.4, -0.2) is 16.1 Å². The third-order valence-corrected chi connectivity index (χ3v) is 4.26. The number of benzene rings is 1. The summed E-state index contributed by atoms with van der Waals surface area (Å²) in [4.78, 5) is 15.8. The van der Waals surface area contributed by atoms with Gasteiger partial charge in [0, 0.05) is 10.4 Å². The van der Waals surface area contributed by atoms with Crippen LogP contribution >= 0.6 is 15.9 Å². The average molecular weight is 324 g/mol. The summed E-state index contributed by atoms with van der Waals surface area (Å²) in [5.41, 5.74) is 1.49. The van der Waals surface area contributed by atoms with Crippen molar-refractivity contribution in [1.29, 1.82) is 0 Å². The third kappa shape index (κ3) is 2.39. The van der Waals surface area contributed by atoms with Crippen LogP contribution in [0.25, 0.3) is 11.1 Å². The summed E-state index contributed by atoms with van der Waals surface area (Å²) in [6, 6.07) is 5.64. The summed E-state index contributed by atoms with van der Waals surface area (Å²) >= 11 is 3.40. The summed E-state index contributed by atoms with van der Waals surface area (Å²) in [5.74, 6) is -0.643. The van der Waals surface area contributed by atoms with Crippen LogP contribution in [0.2, 0.25) is 0 Å². The number of carboxylic acid groups (broad SMARTS) is 1. The molecule has 1 N–H and O–H groups in total. The molecule has 1 aromatic heterocycles. The second-order valence-electron chi connectivity index (χ2n) is 5.00. The lowest BCUT2D eigenvalue weighted by atomic mass is 9.79. The Bertz CT molecular complexity index is 622. The minimum absolute atomic E-state index is 0.0996. The van der Waals surface area contributed by atoms with Crippen LogP contribution in [-0.2, 0) is 4.79 Å². The fourth-order valence-electron chi connectivity index (χ4n) is 2.80. The van der Waals surface area contributed by atoms with Crippen LogP contribution < -0.4 is 0 Å². The molecule has 19 heavy (non-hydrogen) atoms. The molecule has 4 nitrogen and oxygen atoms in total. The first-order valence-electron chi connectivity index (χ1n) is 6.44. The topological polar surface area (TPSA) is 63.3 Å². The maximum absolute atomic E-state index is 11.3. The number of fused-ring (bicyclic) bond motifs is 1. The Kier molecular flexibility index (Phi) is 3.31. The Morgan fingerprint density at radius 2 is 2.16 bits per heavy atom. The highest BCUT2D eigenvalue weighted by atomic mass is 79.9. The van der Waals surface area contributed by atoms with E-state index < -0.39 is 5.97 Å². The highest BCUT2D eigenvalue weighted by Gasteiger charge is 2.35. The van der Waals surface area contributed by atoms with Gasteiger partial charge in [0.2, 0.25) is 0 Å². The van der Waals surface area contributed by atoms with Gasteiger partial charge in [0.1, 0.15) is 5.52 Å². The Labute approximate surface area is 118 Å². The van der Waals surface area contributed by atoms with Gasteiger partial charge in [-0.25, -0.2) is 4.98 Å². The quantitative estimate of drug-likeness (QED) is 0.908. The number of halogens is 1. The van der Waals surface area contributed by atoms with Gasteiger partial charge in [-0.3, -0.25) is 4.79 Å². The maximum atomic E-state index is 11.3. The van der Waals surface area contributed by atoms with E-state index in [2.05, 4.69) is 20.9 Å². The van der Waals surface area contributed by atoms with Gasteiger partial charge in [-0.05, 0) is 31.0 Å². The van der Waals surface area contributed by atoms with E-state index in [4.69, 9.17) is 4.42 Å². The number of aromatic nitrogens is 1. The Morgan fingerprint density at radius 1 is 1.37 bits per heavy atom. The first-order chi connectivity index (χ1) is 9.15. The van der Waals surface area contributed by atoms with Crippen LogP contribution in [0.5, 0.6) is 0 Å². The Morgan fingerprint density at radius 3 is 2.95 bits per heavy atom. The number of hydrogen-bond acceptors (Lipinski definition) is 3. The molecule has 1 aliphatic carbocycles. The smallest absolute Gasteiger partial charge is 0.307 e. The monoisotopic (exact) mass is 323 g/mol. The van der Waals surface area contributed by atoms with E-state index in [1.54, 1.807) is 0 Å². The first-order valence-corrected chi connectivity index (χ1v) is 7.23. The standard InChI is InChI=1S/C14H14BrNO3/c15-8-5-6-12-11(7-8)16-13(19-12)9-3-1-2-4-10(9)14(17)18/h5-7,9-10H,1-4H2,(H,17,18). The number of nitrogens with zero attached hydrogens (tertiary/aromatic N) is 1. The minimum Gasteiger partial charge on any atom is -0.481 e. The van der Waals surface area contributed by atoms with Gasteiger partial charge in [-0.15, -0.1) is 0 Å². The summed E-state index contributed by atoms with van der Waals surface area (Å²) in [5, 5.41) is 9.31. The molecule has 1 aromatic carbocycles. The van der Waals surface area contributed by atoms with Gasteiger partial charge in [0.05, 0.1) is 5.92 Å². The molecule has 1 fully saturated rings. The summed E-state index contributed by atoms with van der Waals surface area (Å²) in [7, 11) is 0. The molecule has 1 heterocycles. The predicted molar refractivity (Wildman–Crippen MR) is 74.0 cm³/mol. The average Bonchev–Trinajstić information content (AvgIpc) is 2.81. The molecule has 1 aliphatic rings. The SMILES string of the molecule is O=C(O)C1CCCCC1c1nc2cc(Br)ccc2o1. The molecule has 2 unspecified atom stereocenters. The summed E-state index contributed by atoms with van der Waals surface area (Å²) in [6.07, 6.45) is 3.56. The van der Waals surface area contributed by atoms with Crippen molar-refractivity contribution in [2.45, 2.75) is 31.6 Å². The van der Waals surface area contributed by atoms with Crippen molar-refractivity contribution >= 4 is 33.0 Å². The largest absolute Gasteiger partial charge is 0.481 e. The number of carboxylic acids is 1.